The lowest BCUT2D eigenvalue weighted by Crippen LogP contribution is -2.48. The van der Waals surface area contributed by atoms with E-state index in [-0.39, 0.29) is 22.4 Å². The zero-order valence-corrected chi connectivity index (χ0v) is 30.9. The molecule has 3 aromatic rings. The van der Waals surface area contributed by atoms with Crippen molar-refractivity contribution < 1.29 is 19.1 Å². The number of benzene rings is 3. The van der Waals surface area contributed by atoms with E-state index in [0.717, 1.165) is 63.8 Å². The van der Waals surface area contributed by atoms with Crippen LogP contribution >= 0.6 is 15.9 Å². The first kappa shape index (κ1) is 33.1. The van der Waals surface area contributed by atoms with Crippen molar-refractivity contribution in [3.63, 3.8) is 0 Å². The van der Waals surface area contributed by atoms with Crippen LogP contribution in [0.2, 0.25) is 0 Å². The molecule has 0 amide bonds. The number of nitrogens with zero attached hydrogens (tertiary/aromatic N) is 1. The van der Waals surface area contributed by atoms with Gasteiger partial charge in [-0.05, 0) is 93.4 Å². The lowest BCUT2D eigenvalue weighted by Gasteiger charge is -2.52. The molecule has 0 radical (unpaired) electrons. The Morgan fingerprint density at radius 3 is 2.08 bits per heavy atom. The molecule has 0 unspecified atom stereocenters. The summed E-state index contributed by atoms with van der Waals surface area (Å²) >= 11 is 3.85. The number of carbonyl (C=O) groups is 2. The number of ketones is 2. The summed E-state index contributed by atoms with van der Waals surface area (Å²) in [5.74, 6) is 1.10. The standard InChI is InChI=1S/C42H48BrNO4/c1-25-16-17-26-12-10-11-15-29(26)30(25)24-48-40-31(43)18-27(19-36(40)47-6)37-38-32(20-41(2,3)22-34(38)45)44(28-13-8-7-9-14-28)33-21-42(4,5)23-35(46)39(33)37/h10-12,15-19,28,37H,7-9,13-14,20-24H2,1-6H3. The van der Waals surface area contributed by atoms with Gasteiger partial charge in [-0.15, -0.1) is 0 Å². The van der Waals surface area contributed by atoms with Gasteiger partial charge in [-0.3, -0.25) is 9.59 Å². The molecule has 252 valence electrons. The van der Waals surface area contributed by atoms with Crippen LogP contribution in [0, 0.1) is 17.8 Å². The third kappa shape index (κ3) is 5.93. The first-order valence-electron chi connectivity index (χ1n) is 17.7. The van der Waals surface area contributed by atoms with Crippen LogP contribution in [0.1, 0.15) is 108 Å². The van der Waals surface area contributed by atoms with Crippen molar-refractivity contribution in [1.29, 1.82) is 0 Å². The lowest BCUT2D eigenvalue weighted by atomic mass is 9.63. The number of rotatable bonds is 6. The van der Waals surface area contributed by atoms with Crippen molar-refractivity contribution in [2.45, 2.75) is 111 Å². The van der Waals surface area contributed by atoms with Crippen molar-refractivity contribution in [3.8, 4) is 11.5 Å². The Hall–Kier alpha value is -3.38. The lowest BCUT2D eigenvalue weighted by molar-refractivity contribution is -0.119. The van der Waals surface area contributed by atoms with Gasteiger partial charge < -0.3 is 14.4 Å². The van der Waals surface area contributed by atoms with E-state index in [1.165, 1.54) is 35.6 Å². The first-order chi connectivity index (χ1) is 22.9. The third-order valence-corrected chi connectivity index (χ3v) is 11.7. The van der Waals surface area contributed by atoms with Crippen LogP contribution in [0.4, 0.5) is 0 Å². The summed E-state index contributed by atoms with van der Waals surface area (Å²) in [5, 5.41) is 2.35. The number of fused-ring (bicyclic) bond motifs is 1. The van der Waals surface area contributed by atoms with Crippen LogP contribution in [0.25, 0.3) is 10.8 Å². The monoisotopic (exact) mass is 709 g/mol. The molecule has 1 saturated carbocycles. The molecule has 0 N–H and O–H groups in total. The fourth-order valence-corrected chi connectivity index (χ4v) is 9.51. The van der Waals surface area contributed by atoms with Crippen LogP contribution in [-0.4, -0.2) is 29.6 Å². The van der Waals surface area contributed by atoms with Crippen LogP contribution in [0.15, 0.2) is 75.5 Å². The second-order valence-corrected chi connectivity index (χ2v) is 17.0. The molecule has 0 spiro atoms. The number of hydrogen-bond donors (Lipinski definition) is 0. The van der Waals surface area contributed by atoms with E-state index < -0.39 is 5.92 Å². The Morgan fingerprint density at radius 1 is 0.833 bits per heavy atom. The van der Waals surface area contributed by atoms with Gasteiger partial charge in [0.05, 0.1) is 11.6 Å². The van der Waals surface area contributed by atoms with Crippen LogP contribution in [0.5, 0.6) is 11.5 Å². The highest BCUT2D eigenvalue weighted by Crippen LogP contribution is 2.56. The molecule has 48 heavy (non-hydrogen) atoms. The third-order valence-electron chi connectivity index (χ3n) is 11.1. The van der Waals surface area contributed by atoms with Gasteiger partial charge in [-0.1, -0.05) is 83.4 Å². The summed E-state index contributed by atoms with van der Waals surface area (Å²) in [6.07, 6.45) is 8.45. The van der Waals surface area contributed by atoms with E-state index >= 15 is 0 Å². The predicted octanol–water partition coefficient (Wildman–Crippen LogP) is 10.5. The van der Waals surface area contributed by atoms with Gasteiger partial charge in [-0.25, -0.2) is 0 Å². The zero-order chi connectivity index (χ0) is 34.0. The van der Waals surface area contributed by atoms with Gasteiger partial charge in [0.15, 0.2) is 23.1 Å². The Bertz CT molecular complexity index is 1820. The maximum atomic E-state index is 14.4. The summed E-state index contributed by atoms with van der Waals surface area (Å²) < 4.78 is 13.3. The summed E-state index contributed by atoms with van der Waals surface area (Å²) in [7, 11) is 1.66. The number of aryl methyl sites for hydroxylation is 1. The summed E-state index contributed by atoms with van der Waals surface area (Å²) in [4.78, 5) is 31.3. The maximum absolute atomic E-state index is 14.4. The van der Waals surface area contributed by atoms with Gasteiger partial charge in [0.25, 0.3) is 0 Å². The van der Waals surface area contributed by atoms with E-state index in [0.29, 0.717) is 37.0 Å². The molecule has 0 saturated heterocycles. The molecule has 0 aromatic heterocycles. The van der Waals surface area contributed by atoms with Crippen molar-refractivity contribution in [2.24, 2.45) is 10.8 Å². The smallest absolute Gasteiger partial charge is 0.175 e. The highest BCUT2D eigenvalue weighted by molar-refractivity contribution is 9.10. The number of halogens is 1. The largest absolute Gasteiger partial charge is 0.493 e. The van der Waals surface area contributed by atoms with Crippen molar-refractivity contribution in [2.75, 3.05) is 7.11 Å². The quantitative estimate of drug-likeness (QED) is 0.255. The fourth-order valence-electron chi connectivity index (χ4n) is 8.94. The molecule has 1 fully saturated rings. The summed E-state index contributed by atoms with van der Waals surface area (Å²) in [6.45, 7) is 11.4. The number of Topliss-reactive ketones (excluding diaryl/α,β-unsaturated/α-hetero) is 2. The van der Waals surface area contributed by atoms with Crippen molar-refractivity contribution in [1.82, 2.24) is 4.90 Å². The number of ether oxygens (including phenoxy) is 2. The second-order valence-electron chi connectivity index (χ2n) is 16.1. The number of hydrogen-bond acceptors (Lipinski definition) is 5. The molecular formula is C42H48BrNO4. The van der Waals surface area contributed by atoms with E-state index in [9.17, 15) is 9.59 Å². The minimum Gasteiger partial charge on any atom is -0.493 e. The van der Waals surface area contributed by atoms with Gasteiger partial charge in [-0.2, -0.15) is 0 Å². The van der Waals surface area contributed by atoms with Gasteiger partial charge >= 0.3 is 0 Å². The molecule has 5 nitrogen and oxygen atoms in total. The molecule has 1 aliphatic heterocycles. The molecule has 1 heterocycles. The van der Waals surface area contributed by atoms with Gasteiger partial charge in [0, 0.05) is 52.9 Å². The maximum Gasteiger partial charge on any atom is 0.175 e. The number of carbonyl (C=O) groups excluding carboxylic acids is 2. The van der Waals surface area contributed by atoms with Crippen LogP contribution in [-0.2, 0) is 16.2 Å². The highest BCUT2D eigenvalue weighted by Gasteiger charge is 2.50. The Balaban J connectivity index is 1.36. The predicted molar refractivity (Wildman–Crippen MR) is 195 cm³/mol. The molecule has 4 aliphatic rings. The molecule has 0 bridgehead atoms. The number of allylic oxidation sites excluding steroid dienone is 4. The molecule has 6 heteroatoms. The number of methoxy groups -OCH3 is 1. The van der Waals surface area contributed by atoms with Crippen LogP contribution in [0.3, 0.4) is 0 Å². The Morgan fingerprint density at radius 2 is 1.46 bits per heavy atom. The Labute approximate surface area is 293 Å². The van der Waals surface area contributed by atoms with Crippen molar-refractivity contribution >= 4 is 38.3 Å². The SMILES string of the molecule is COc1cc(C2C3=C(CC(C)(C)CC3=O)N(C3CCCCC3)C3=C2C(=O)CC(C)(C)C3)cc(Br)c1OCc1c(C)ccc2ccccc12. The molecule has 3 aromatic carbocycles. The first-order valence-corrected chi connectivity index (χ1v) is 18.5. The second kappa shape index (κ2) is 12.5. The normalized spacial score (nSPS) is 21.4. The molecule has 7 rings (SSSR count). The fraction of sp³-hybridized carbons (Fsp3) is 0.476. The topological polar surface area (TPSA) is 55.8 Å². The Kier molecular flexibility index (Phi) is 8.63. The molecule has 0 atom stereocenters. The summed E-state index contributed by atoms with van der Waals surface area (Å²) in [5.41, 5.74) is 6.86. The van der Waals surface area contributed by atoms with Crippen LogP contribution < -0.4 is 9.47 Å². The van der Waals surface area contributed by atoms with Gasteiger partial charge in [0.2, 0.25) is 0 Å². The van der Waals surface area contributed by atoms with E-state index in [1.54, 1.807) is 7.11 Å². The average molecular weight is 711 g/mol. The highest BCUT2D eigenvalue weighted by atomic mass is 79.9. The van der Waals surface area contributed by atoms with E-state index in [2.05, 4.69) is 97.9 Å². The van der Waals surface area contributed by atoms with Gasteiger partial charge in [0.1, 0.15) is 6.61 Å². The zero-order valence-electron chi connectivity index (χ0n) is 29.3. The van der Waals surface area contributed by atoms with E-state index in [4.69, 9.17) is 9.47 Å². The minimum atomic E-state index is -0.429. The minimum absolute atomic E-state index is 0.143. The average Bonchev–Trinajstić information content (AvgIpc) is 3.03. The van der Waals surface area contributed by atoms with Crippen molar-refractivity contribution in [3.05, 3.63) is 92.2 Å². The molecule has 3 aliphatic carbocycles. The molecular weight excluding hydrogens is 662 g/mol. The summed E-state index contributed by atoms with van der Waals surface area (Å²) in [6, 6.07) is 17.0. The van der Waals surface area contributed by atoms with E-state index in [1.807, 2.05) is 6.07 Å².